The van der Waals surface area contributed by atoms with Crippen molar-refractivity contribution in [3.8, 4) is 5.75 Å². The first-order valence-corrected chi connectivity index (χ1v) is 6.26. The molecule has 1 amide bonds. The summed E-state index contributed by atoms with van der Waals surface area (Å²) in [6.07, 6.45) is -5.19. The predicted molar refractivity (Wildman–Crippen MR) is 74.3 cm³/mol. The molecular formula is C14H11F3N2O4. The number of amides is 1. The number of carboxylic acids is 1. The molecule has 1 aliphatic heterocycles. The molecule has 6 nitrogen and oxygen atoms in total. The van der Waals surface area contributed by atoms with E-state index in [0.717, 1.165) is 6.92 Å². The Balaban J connectivity index is 2.61. The predicted octanol–water partition coefficient (Wildman–Crippen LogP) is 2.36. The van der Waals surface area contributed by atoms with Crippen LogP contribution in [0.15, 0.2) is 40.5 Å². The molecule has 9 heteroatoms. The largest absolute Gasteiger partial charge is 0.494 e. The fraction of sp³-hybridized carbons (Fsp3) is 0.214. The van der Waals surface area contributed by atoms with Gasteiger partial charge in [0.2, 0.25) is 0 Å². The molecule has 0 aromatic heterocycles. The number of hydrogen-bond donors (Lipinski definition) is 1. The van der Waals surface area contributed by atoms with Crippen LogP contribution in [0.25, 0.3) is 0 Å². The van der Waals surface area contributed by atoms with E-state index in [-0.39, 0.29) is 17.1 Å². The van der Waals surface area contributed by atoms with Gasteiger partial charge in [0.1, 0.15) is 11.4 Å². The minimum atomic E-state index is -5.19. The van der Waals surface area contributed by atoms with Crippen molar-refractivity contribution in [2.24, 2.45) is 5.10 Å². The Kier molecular flexibility index (Phi) is 4.13. The number of halogens is 3. The second-order valence-electron chi connectivity index (χ2n) is 4.53. The summed E-state index contributed by atoms with van der Waals surface area (Å²) in [5, 5.41) is 13.3. The molecule has 23 heavy (non-hydrogen) atoms. The molecule has 0 aliphatic carbocycles. The van der Waals surface area contributed by atoms with Crippen LogP contribution in [0.4, 0.5) is 18.9 Å². The normalized spacial score (nSPS) is 17.2. The summed E-state index contributed by atoms with van der Waals surface area (Å²) in [4.78, 5) is 23.3. The van der Waals surface area contributed by atoms with Gasteiger partial charge < -0.3 is 9.84 Å². The van der Waals surface area contributed by atoms with Crippen LogP contribution in [-0.2, 0) is 9.59 Å². The van der Waals surface area contributed by atoms with Crippen LogP contribution in [0, 0.1) is 0 Å². The number of methoxy groups -OCH3 is 1. The third-order valence-electron chi connectivity index (χ3n) is 3.08. The highest BCUT2D eigenvalue weighted by Crippen LogP contribution is 2.36. The fourth-order valence-electron chi connectivity index (χ4n) is 2.13. The summed E-state index contributed by atoms with van der Waals surface area (Å²) in [6, 6.07) is 6.07. The Morgan fingerprint density at radius 2 is 1.91 bits per heavy atom. The van der Waals surface area contributed by atoms with Gasteiger partial charge in [-0.25, -0.2) is 4.79 Å². The minimum Gasteiger partial charge on any atom is -0.494 e. The molecule has 1 aromatic carbocycles. The maximum Gasteiger partial charge on any atom is 0.424 e. The van der Waals surface area contributed by atoms with E-state index in [9.17, 15) is 22.8 Å². The van der Waals surface area contributed by atoms with E-state index in [1.807, 2.05) is 0 Å². The molecule has 0 saturated heterocycles. The van der Waals surface area contributed by atoms with Gasteiger partial charge in [-0.2, -0.15) is 23.3 Å². The second-order valence-corrected chi connectivity index (χ2v) is 4.53. The number of carbonyl (C=O) groups excluding carboxylic acids is 1. The standard InChI is InChI=1S/C14H11F3N2O4/c1-7-10(11(13(21)22)14(15,16)17)12(20)19(18-7)8-5-3-4-6-9(8)23-2/h3-6H,1-2H3,(H,21,22). The van der Waals surface area contributed by atoms with Crippen LogP contribution >= 0.6 is 0 Å². The molecule has 1 heterocycles. The summed E-state index contributed by atoms with van der Waals surface area (Å²) in [6.45, 7) is 1.14. The number of nitrogens with zero attached hydrogens (tertiary/aromatic N) is 2. The average Bonchev–Trinajstić information content (AvgIpc) is 2.74. The smallest absolute Gasteiger partial charge is 0.424 e. The third kappa shape index (κ3) is 2.89. The summed E-state index contributed by atoms with van der Waals surface area (Å²) in [7, 11) is 1.32. The van der Waals surface area contributed by atoms with Gasteiger partial charge in [0.05, 0.1) is 18.4 Å². The topological polar surface area (TPSA) is 79.2 Å². The van der Waals surface area contributed by atoms with Crippen LogP contribution in [0.2, 0.25) is 0 Å². The second kappa shape index (κ2) is 5.75. The number of hydrazone groups is 1. The van der Waals surface area contributed by atoms with Gasteiger partial charge >= 0.3 is 12.1 Å². The number of carboxylic acid groups (broad SMARTS) is 1. The first kappa shape index (κ1) is 16.5. The van der Waals surface area contributed by atoms with Gasteiger partial charge in [0.25, 0.3) is 5.91 Å². The van der Waals surface area contributed by atoms with Gasteiger partial charge in [-0.3, -0.25) is 4.79 Å². The van der Waals surface area contributed by atoms with Crippen LogP contribution in [-0.4, -0.2) is 36.0 Å². The molecule has 0 bridgehead atoms. The number of aliphatic carboxylic acids is 1. The molecule has 0 fully saturated rings. The monoisotopic (exact) mass is 328 g/mol. The number of para-hydroxylation sites is 2. The molecule has 122 valence electrons. The van der Waals surface area contributed by atoms with Crippen molar-refractivity contribution in [3.63, 3.8) is 0 Å². The lowest BCUT2D eigenvalue weighted by Gasteiger charge is -2.16. The van der Waals surface area contributed by atoms with E-state index in [2.05, 4.69) is 5.10 Å². The molecule has 0 unspecified atom stereocenters. The molecular weight excluding hydrogens is 317 g/mol. The van der Waals surface area contributed by atoms with Gasteiger partial charge in [-0.05, 0) is 19.1 Å². The first-order valence-electron chi connectivity index (χ1n) is 6.26. The van der Waals surface area contributed by atoms with Crippen molar-refractivity contribution in [3.05, 3.63) is 35.4 Å². The summed E-state index contributed by atoms with van der Waals surface area (Å²) >= 11 is 0. The molecule has 1 N–H and O–H groups in total. The van der Waals surface area contributed by atoms with Crippen molar-refractivity contribution in [1.82, 2.24) is 0 Å². The number of alkyl halides is 3. The van der Waals surface area contributed by atoms with Crippen molar-refractivity contribution in [1.29, 1.82) is 0 Å². The van der Waals surface area contributed by atoms with Crippen LogP contribution < -0.4 is 9.75 Å². The Labute approximate surface area is 128 Å². The Morgan fingerprint density at radius 3 is 2.43 bits per heavy atom. The van der Waals surface area contributed by atoms with Gasteiger partial charge in [-0.15, -0.1) is 0 Å². The molecule has 2 rings (SSSR count). The zero-order valence-electron chi connectivity index (χ0n) is 12.0. The van der Waals surface area contributed by atoms with Crippen molar-refractivity contribution < 1.29 is 32.6 Å². The Bertz CT molecular complexity index is 738. The van der Waals surface area contributed by atoms with E-state index in [1.54, 1.807) is 12.1 Å². The van der Waals surface area contributed by atoms with Crippen LogP contribution in [0.5, 0.6) is 5.75 Å². The highest BCUT2D eigenvalue weighted by Gasteiger charge is 2.47. The zero-order chi connectivity index (χ0) is 17.4. The van der Waals surface area contributed by atoms with Gasteiger partial charge in [-0.1, -0.05) is 12.1 Å². The zero-order valence-corrected chi connectivity index (χ0v) is 12.0. The maximum atomic E-state index is 13.0. The first-order chi connectivity index (χ1) is 10.7. The SMILES string of the molecule is COc1ccccc1N1N=C(C)C(=C(C(=O)O)C(F)(F)F)C1=O. The summed E-state index contributed by atoms with van der Waals surface area (Å²) < 4.78 is 43.9. The summed E-state index contributed by atoms with van der Waals surface area (Å²) in [5.74, 6) is -3.21. The van der Waals surface area contributed by atoms with E-state index in [1.165, 1.54) is 19.2 Å². The van der Waals surface area contributed by atoms with Crippen molar-refractivity contribution in [2.75, 3.05) is 12.1 Å². The quantitative estimate of drug-likeness (QED) is 0.864. The third-order valence-corrected chi connectivity index (χ3v) is 3.08. The van der Waals surface area contributed by atoms with Crippen LogP contribution in [0.3, 0.4) is 0 Å². The molecule has 0 atom stereocenters. The lowest BCUT2D eigenvalue weighted by atomic mass is 10.0. The molecule has 1 aromatic rings. The number of benzene rings is 1. The number of hydrogen-bond acceptors (Lipinski definition) is 4. The Morgan fingerprint density at radius 1 is 1.30 bits per heavy atom. The van der Waals surface area contributed by atoms with E-state index in [4.69, 9.17) is 9.84 Å². The summed E-state index contributed by atoms with van der Waals surface area (Å²) in [5.41, 5.74) is -3.16. The number of carbonyl (C=O) groups is 2. The fourth-order valence-corrected chi connectivity index (χ4v) is 2.13. The van der Waals surface area contributed by atoms with E-state index in [0.29, 0.717) is 5.01 Å². The molecule has 1 aliphatic rings. The lowest BCUT2D eigenvalue weighted by Crippen LogP contribution is -2.29. The van der Waals surface area contributed by atoms with Gasteiger partial charge in [0.15, 0.2) is 5.57 Å². The van der Waals surface area contributed by atoms with Gasteiger partial charge in [0, 0.05) is 0 Å². The number of rotatable bonds is 3. The van der Waals surface area contributed by atoms with E-state index < -0.39 is 29.2 Å². The molecule has 0 spiro atoms. The molecule has 0 radical (unpaired) electrons. The average molecular weight is 328 g/mol. The number of anilines is 1. The van der Waals surface area contributed by atoms with Crippen molar-refractivity contribution in [2.45, 2.75) is 13.1 Å². The van der Waals surface area contributed by atoms with Crippen molar-refractivity contribution >= 4 is 23.3 Å². The molecule has 0 saturated carbocycles. The Hall–Kier alpha value is -2.84. The lowest BCUT2D eigenvalue weighted by molar-refractivity contribution is -0.145. The highest BCUT2D eigenvalue weighted by atomic mass is 19.4. The minimum absolute atomic E-state index is 0.112. The number of ether oxygens (including phenoxy) is 1. The maximum absolute atomic E-state index is 13.0. The van der Waals surface area contributed by atoms with E-state index >= 15 is 0 Å². The van der Waals surface area contributed by atoms with Crippen LogP contribution in [0.1, 0.15) is 6.92 Å². The highest BCUT2D eigenvalue weighted by molar-refractivity contribution is 6.32.